The lowest BCUT2D eigenvalue weighted by Crippen LogP contribution is -2.14. The van der Waals surface area contributed by atoms with E-state index in [1.54, 1.807) is 48.5 Å². The van der Waals surface area contributed by atoms with Crippen LogP contribution in [0, 0.1) is 18.3 Å². The molecule has 0 fully saturated rings. The van der Waals surface area contributed by atoms with Gasteiger partial charge in [0.1, 0.15) is 12.4 Å². The molecule has 0 aromatic heterocycles. The molecule has 3 aromatic rings. The van der Waals surface area contributed by atoms with Crippen LogP contribution in [0.3, 0.4) is 0 Å². The summed E-state index contributed by atoms with van der Waals surface area (Å²) in [5.74, 6) is 0.193. The van der Waals surface area contributed by atoms with Gasteiger partial charge in [0.15, 0.2) is 0 Å². The summed E-state index contributed by atoms with van der Waals surface area (Å²) in [6.07, 6.45) is 0. The molecule has 0 aliphatic rings. The number of rotatable bonds is 5. The fourth-order valence-corrected chi connectivity index (χ4v) is 2.76. The predicted molar refractivity (Wildman–Crippen MR) is 106 cm³/mol. The highest BCUT2D eigenvalue weighted by Crippen LogP contribution is 2.24. The van der Waals surface area contributed by atoms with Crippen LogP contribution in [-0.2, 0) is 6.61 Å². The molecule has 0 saturated carbocycles. The van der Waals surface area contributed by atoms with Gasteiger partial charge in [-0.2, -0.15) is 5.26 Å². The van der Waals surface area contributed by atoms with Crippen LogP contribution in [0.2, 0.25) is 5.02 Å². The van der Waals surface area contributed by atoms with Gasteiger partial charge < -0.3 is 10.1 Å². The standard InChI is InChI=1S/C22H17ClN2O2/c1-15-9-10-18(23)12-20(15)25-22(26)19-7-2-3-8-21(19)27-14-17-6-4-5-16(11-17)13-24/h2-12H,14H2,1H3,(H,25,26). The largest absolute Gasteiger partial charge is 0.488 e. The van der Waals surface area contributed by atoms with E-state index < -0.39 is 0 Å². The highest BCUT2D eigenvalue weighted by Gasteiger charge is 2.14. The van der Waals surface area contributed by atoms with Crippen molar-refractivity contribution in [3.05, 3.63) is 94.0 Å². The van der Waals surface area contributed by atoms with Gasteiger partial charge in [-0.05, 0) is 54.4 Å². The Kier molecular flexibility index (Phi) is 5.75. The summed E-state index contributed by atoms with van der Waals surface area (Å²) >= 11 is 6.02. The molecule has 0 unspecified atom stereocenters. The SMILES string of the molecule is Cc1ccc(Cl)cc1NC(=O)c1ccccc1OCc1cccc(C#N)c1. The second kappa shape index (κ2) is 8.39. The highest BCUT2D eigenvalue weighted by molar-refractivity contribution is 6.31. The zero-order valence-corrected chi connectivity index (χ0v) is 15.5. The fourth-order valence-electron chi connectivity index (χ4n) is 2.59. The summed E-state index contributed by atoms with van der Waals surface area (Å²) in [7, 11) is 0. The molecule has 0 aliphatic heterocycles. The zero-order valence-electron chi connectivity index (χ0n) is 14.7. The Hall–Kier alpha value is -3.29. The van der Waals surface area contributed by atoms with Crippen molar-refractivity contribution < 1.29 is 9.53 Å². The topological polar surface area (TPSA) is 62.1 Å². The molecule has 0 radical (unpaired) electrons. The third-order valence-corrected chi connectivity index (χ3v) is 4.27. The maximum atomic E-state index is 12.7. The summed E-state index contributed by atoms with van der Waals surface area (Å²) < 4.78 is 5.84. The summed E-state index contributed by atoms with van der Waals surface area (Å²) in [6, 6.07) is 21.7. The van der Waals surface area contributed by atoms with E-state index in [2.05, 4.69) is 11.4 Å². The normalized spacial score (nSPS) is 10.1. The van der Waals surface area contributed by atoms with E-state index in [0.29, 0.717) is 27.6 Å². The Morgan fingerprint density at radius 1 is 1.11 bits per heavy atom. The Morgan fingerprint density at radius 3 is 2.74 bits per heavy atom. The van der Waals surface area contributed by atoms with Gasteiger partial charge in [0.25, 0.3) is 5.91 Å². The number of nitrogens with zero attached hydrogens (tertiary/aromatic N) is 1. The van der Waals surface area contributed by atoms with E-state index in [9.17, 15) is 4.79 Å². The van der Waals surface area contributed by atoms with Crippen LogP contribution in [0.5, 0.6) is 5.75 Å². The van der Waals surface area contributed by atoms with Crippen LogP contribution in [0.15, 0.2) is 66.7 Å². The number of hydrogen-bond donors (Lipinski definition) is 1. The number of anilines is 1. The number of aryl methyl sites for hydroxylation is 1. The monoisotopic (exact) mass is 376 g/mol. The van der Waals surface area contributed by atoms with Gasteiger partial charge in [0.2, 0.25) is 0 Å². The van der Waals surface area contributed by atoms with Gasteiger partial charge in [-0.25, -0.2) is 0 Å². The maximum absolute atomic E-state index is 12.7. The van der Waals surface area contributed by atoms with E-state index in [1.165, 1.54) is 0 Å². The molecule has 4 nitrogen and oxygen atoms in total. The summed E-state index contributed by atoms with van der Waals surface area (Å²) in [5.41, 5.74) is 3.42. The van der Waals surface area contributed by atoms with Crippen LogP contribution in [-0.4, -0.2) is 5.91 Å². The highest BCUT2D eigenvalue weighted by atomic mass is 35.5. The number of nitriles is 1. The van der Waals surface area contributed by atoms with Gasteiger partial charge in [0.05, 0.1) is 17.2 Å². The number of amides is 1. The first kappa shape index (κ1) is 18.5. The Balaban J connectivity index is 1.78. The van der Waals surface area contributed by atoms with Gasteiger partial charge >= 0.3 is 0 Å². The lowest BCUT2D eigenvalue weighted by atomic mass is 10.1. The first-order chi connectivity index (χ1) is 13.1. The van der Waals surface area contributed by atoms with Crippen LogP contribution in [0.25, 0.3) is 0 Å². The van der Waals surface area contributed by atoms with Gasteiger partial charge in [-0.1, -0.05) is 41.9 Å². The predicted octanol–water partition coefficient (Wildman–Crippen LogP) is 5.35. The number of carbonyl (C=O) groups excluding carboxylic acids is 1. The van der Waals surface area contributed by atoms with Crippen molar-refractivity contribution in [2.75, 3.05) is 5.32 Å². The molecule has 1 N–H and O–H groups in total. The minimum absolute atomic E-state index is 0.260. The summed E-state index contributed by atoms with van der Waals surface area (Å²) in [4.78, 5) is 12.7. The lowest BCUT2D eigenvalue weighted by molar-refractivity contribution is 0.102. The van der Waals surface area contributed by atoms with E-state index in [1.807, 2.05) is 25.1 Å². The summed E-state index contributed by atoms with van der Waals surface area (Å²) in [5, 5.41) is 12.4. The Bertz CT molecular complexity index is 1020. The van der Waals surface area contributed by atoms with E-state index in [-0.39, 0.29) is 12.5 Å². The van der Waals surface area contributed by atoms with Crippen LogP contribution in [0.4, 0.5) is 5.69 Å². The number of benzene rings is 3. The van der Waals surface area contributed by atoms with Crippen LogP contribution in [0.1, 0.15) is 27.0 Å². The van der Waals surface area contributed by atoms with Crippen LogP contribution < -0.4 is 10.1 Å². The van der Waals surface area contributed by atoms with E-state index in [0.717, 1.165) is 11.1 Å². The quantitative estimate of drug-likeness (QED) is 0.652. The molecule has 1 amide bonds. The fraction of sp³-hybridized carbons (Fsp3) is 0.0909. The van der Waals surface area contributed by atoms with Crippen molar-refractivity contribution in [3.63, 3.8) is 0 Å². The van der Waals surface area contributed by atoms with Crippen molar-refractivity contribution in [2.24, 2.45) is 0 Å². The van der Waals surface area contributed by atoms with Crippen molar-refractivity contribution in [1.82, 2.24) is 0 Å². The molecular formula is C22H17ClN2O2. The van der Waals surface area contributed by atoms with Crippen molar-refractivity contribution in [2.45, 2.75) is 13.5 Å². The molecule has 3 aromatic carbocycles. The molecule has 0 heterocycles. The number of nitrogens with one attached hydrogen (secondary N) is 1. The van der Waals surface area contributed by atoms with Crippen LogP contribution >= 0.6 is 11.6 Å². The Morgan fingerprint density at radius 2 is 1.93 bits per heavy atom. The molecule has 0 spiro atoms. The average Bonchev–Trinajstić information content (AvgIpc) is 2.69. The van der Waals surface area contributed by atoms with E-state index >= 15 is 0 Å². The number of halogens is 1. The third-order valence-electron chi connectivity index (χ3n) is 4.03. The van der Waals surface area contributed by atoms with Crippen molar-refractivity contribution in [1.29, 1.82) is 5.26 Å². The molecule has 27 heavy (non-hydrogen) atoms. The first-order valence-electron chi connectivity index (χ1n) is 8.35. The molecule has 0 atom stereocenters. The average molecular weight is 377 g/mol. The number of para-hydroxylation sites is 1. The maximum Gasteiger partial charge on any atom is 0.259 e. The molecular weight excluding hydrogens is 360 g/mol. The number of carbonyl (C=O) groups is 1. The molecule has 0 aliphatic carbocycles. The minimum atomic E-state index is -0.276. The second-order valence-electron chi connectivity index (χ2n) is 6.01. The summed E-state index contributed by atoms with van der Waals surface area (Å²) in [6.45, 7) is 2.16. The zero-order chi connectivity index (χ0) is 19.2. The molecule has 0 saturated heterocycles. The smallest absolute Gasteiger partial charge is 0.259 e. The van der Waals surface area contributed by atoms with Crippen molar-refractivity contribution in [3.8, 4) is 11.8 Å². The molecule has 0 bridgehead atoms. The van der Waals surface area contributed by atoms with Gasteiger partial charge in [0, 0.05) is 10.7 Å². The number of ether oxygens (including phenoxy) is 1. The molecule has 134 valence electrons. The van der Waals surface area contributed by atoms with Gasteiger partial charge in [-0.3, -0.25) is 4.79 Å². The van der Waals surface area contributed by atoms with Crippen molar-refractivity contribution >= 4 is 23.2 Å². The Labute approximate surface area is 163 Å². The number of hydrogen-bond acceptors (Lipinski definition) is 3. The molecule has 3 rings (SSSR count). The molecule has 5 heteroatoms. The van der Waals surface area contributed by atoms with E-state index in [4.69, 9.17) is 21.6 Å². The third kappa shape index (κ3) is 4.66. The minimum Gasteiger partial charge on any atom is -0.488 e. The van der Waals surface area contributed by atoms with Gasteiger partial charge in [-0.15, -0.1) is 0 Å². The second-order valence-corrected chi connectivity index (χ2v) is 6.45. The lowest BCUT2D eigenvalue weighted by Gasteiger charge is -2.13. The first-order valence-corrected chi connectivity index (χ1v) is 8.73.